The third-order valence-electron chi connectivity index (χ3n) is 7.00. The van der Waals surface area contributed by atoms with E-state index < -0.39 is 22.1 Å². The second-order valence-corrected chi connectivity index (χ2v) is 11.9. The van der Waals surface area contributed by atoms with Crippen molar-refractivity contribution in [1.29, 1.82) is 0 Å². The van der Waals surface area contributed by atoms with Gasteiger partial charge in [-0.15, -0.1) is 0 Å². The number of benzene rings is 4. The number of nitrogens with zero attached hydrogens (tertiary/aromatic N) is 2. The molecule has 0 amide bonds. The van der Waals surface area contributed by atoms with E-state index in [0.717, 1.165) is 29.5 Å². The minimum atomic E-state index is -3.83. The molecule has 5 aromatic rings. The lowest BCUT2D eigenvalue weighted by atomic mass is 10.0. The molecule has 0 saturated carbocycles. The number of aromatic nitrogens is 2. The monoisotopic (exact) mass is 583 g/mol. The van der Waals surface area contributed by atoms with E-state index in [-0.39, 0.29) is 4.90 Å². The largest absolute Gasteiger partial charge is 0.478 e. The van der Waals surface area contributed by atoms with Gasteiger partial charge in [-0.05, 0) is 67.3 Å². The van der Waals surface area contributed by atoms with Crippen molar-refractivity contribution in [3.63, 3.8) is 0 Å². The molecular weight excluding hydrogens is 550 g/mol. The molecule has 0 saturated heterocycles. The molecular formula is C33H33N3O5S. The maximum atomic E-state index is 13.3. The average molecular weight is 584 g/mol. The molecule has 9 heteroatoms. The number of hydrogen-bond acceptors (Lipinski definition) is 5. The summed E-state index contributed by atoms with van der Waals surface area (Å²) in [5.74, 6) is 0.0497. The first kappa shape index (κ1) is 28.9. The minimum Gasteiger partial charge on any atom is -0.478 e. The van der Waals surface area contributed by atoms with Crippen molar-refractivity contribution in [2.45, 2.75) is 50.5 Å². The van der Waals surface area contributed by atoms with E-state index in [9.17, 15) is 18.3 Å². The highest BCUT2D eigenvalue weighted by Crippen LogP contribution is 2.25. The standard InChI is InChI=1S/C33H33N3O5S/c1-3-4-10-31-34-29-20-15-25(22-30(29)36(31)35-42(39,40)28-18-11-23(2)12-19-28)21-24-13-16-27(17-14-24)41-32(33(37)38)26-8-6-5-7-9-26/h5-9,11-20,22,32,35H,3-4,10,21H2,1-2H3,(H,37,38). The third kappa shape index (κ3) is 6.63. The van der Waals surface area contributed by atoms with Gasteiger partial charge in [0.05, 0.1) is 15.9 Å². The van der Waals surface area contributed by atoms with Crippen LogP contribution >= 0.6 is 0 Å². The number of fused-ring (bicyclic) bond motifs is 1. The van der Waals surface area contributed by atoms with Crippen molar-refractivity contribution >= 4 is 27.0 Å². The summed E-state index contributed by atoms with van der Waals surface area (Å²) in [4.78, 5) is 19.5. The number of carbonyl (C=O) groups is 1. The highest BCUT2D eigenvalue weighted by atomic mass is 32.2. The number of aryl methyl sites for hydroxylation is 2. The van der Waals surface area contributed by atoms with Gasteiger partial charge in [-0.3, -0.25) is 0 Å². The zero-order valence-corrected chi connectivity index (χ0v) is 24.3. The molecule has 0 aliphatic rings. The quantitative estimate of drug-likeness (QED) is 0.176. The SMILES string of the molecule is CCCCc1nc2ccc(Cc3ccc(OC(C(=O)O)c4ccccc4)cc3)cc2n1NS(=O)(=O)c1ccc(C)cc1. The minimum absolute atomic E-state index is 0.187. The number of imidazole rings is 1. The van der Waals surface area contributed by atoms with E-state index in [1.54, 1.807) is 65.3 Å². The molecule has 1 unspecified atom stereocenters. The molecule has 0 fully saturated rings. The Bertz CT molecular complexity index is 1780. The zero-order valence-electron chi connectivity index (χ0n) is 23.5. The lowest BCUT2D eigenvalue weighted by Gasteiger charge is -2.16. The molecule has 216 valence electrons. The van der Waals surface area contributed by atoms with Crippen molar-refractivity contribution in [2.24, 2.45) is 0 Å². The molecule has 1 atom stereocenters. The Labute approximate surface area is 245 Å². The number of ether oxygens (including phenoxy) is 1. The summed E-state index contributed by atoms with van der Waals surface area (Å²) in [6.07, 6.45) is 1.95. The summed E-state index contributed by atoms with van der Waals surface area (Å²) in [6.45, 7) is 4.00. The fraction of sp³-hybridized carbons (Fsp3) is 0.212. The van der Waals surface area contributed by atoms with Crippen molar-refractivity contribution in [3.8, 4) is 5.75 Å². The highest BCUT2D eigenvalue weighted by molar-refractivity contribution is 7.92. The number of rotatable bonds is 12. The first-order valence-electron chi connectivity index (χ1n) is 13.9. The molecule has 5 rings (SSSR count). The maximum Gasteiger partial charge on any atom is 0.349 e. The Kier molecular flexibility index (Phi) is 8.59. The van der Waals surface area contributed by atoms with Crippen LogP contribution in [0.2, 0.25) is 0 Å². The first-order valence-corrected chi connectivity index (χ1v) is 15.3. The lowest BCUT2D eigenvalue weighted by Crippen LogP contribution is -2.25. The van der Waals surface area contributed by atoms with Gasteiger partial charge in [-0.2, -0.15) is 8.42 Å². The molecule has 0 aliphatic carbocycles. The number of hydrogen-bond donors (Lipinski definition) is 2. The van der Waals surface area contributed by atoms with Crippen molar-refractivity contribution in [1.82, 2.24) is 9.66 Å². The Morgan fingerprint density at radius 2 is 1.64 bits per heavy atom. The van der Waals surface area contributed by atoms with Gasteiger partial charge < -0.3 is 9.84 Å². The second-order valence-electron chi connectivity index (χ2n) is 10.3. The molecule has 42 heavy (non-hydrogen) atoms. The molecule has 0 bridgehead atoms. The molecule has 0 aliphatic heterocycles. The van der Waals surface area contributed by atoms with E-state index in [1.165, 1.54) is 0 Å². The second kappa shape index (κ2) is 12.5. The highest BCUT2D eigenvalue weighted by Gasteiger charge is 2.22. The lowest BCUT2D eigenvalue weighted by molar-refractivity contribution is -0.145. The molecule has 4 aromatic carbocycles. The fourth-order valence-electron chi connectivity index (χ4n) is 4.72. The van der Waals surface area contributed by atoms with Crippen molar-refractivity contribution < 1.29 is 23.1 Å². The molecule has 0 spiro atoms. The van der Waals surface area contributed by atoms with Gasteiger partial charge in [0.2, 0.25) is 6.10 Å². The predicted octanol–water partition coefficient (Wildman–Crippen LogP) is 6.42. The number of unbranched alkanes of at least 4 members (excludes halogenated alkanes) is 1. The van der Waals surface area contributed by atoms with Crippen LogP contribution in [0.3, 0.4) is 0 Å². The van der Waals surface area contributed by atoms with Gasteiger partial charge >= 0.3 is 5.97 Å². The Morgan fingerprint density at radius 3 is 2.31 bits per heavy atom. The van der Waals surface area contributed by atoms with Crippen LogP contribution in [0.4, 0.5) is 0 Å². The van der Waals surface area contributed by atoms with Crippen LogP contribution in [0.15, 0.2) is 102 Å². The molecule has 2 N–H and O–H groups in total. The summed E-state index contributed by atoms with van der Waals surface area (Å²) >= 11 is 0. The van der Waals surface area contributed by atoms with Crippen LogP contribution in [0.1, 0.15) is 53.9 Å². The van der Waals surface area contributed by atoms with Gasteiger partial charge in [-0.1, -0.05) is 79.6 Å². The number of nitrogens with one attached hydrogen (secondary N) is 1. The van der Waals surface area contributed by atoms with E-state index in [0.29, 0.717) is 41.0 Å². The average Bonchev–Trinajstić information content (AvgIpc) is 3.31. The summed E-state index contributed by atoms with van der Waals surface area (Å²) in [7, 11) is -3.83. The summed E-state index contributed by atoms with van der Waals surface area (Å²) in [5.41, 5.74) is 4.90. The maximum absolute atomic E-state index is 13.3. The van der Waals surface area contributed by atoms with E-state index in [2.05, 4.69) is 11.8 Å². The van der Waals surface area contributed by atoms with Crippen LogP contribution in [-0.2, 0) is 27.7 Å². The van der Waals surface area contributed by atoms with Crippen LogP contribution in [0.25, 0.3) is 11.0 Å². The summed E-state index contributed by atoms with van der Waals surface area (Å²) in [6, 6.07) is 28.7. The van der Waals surface area contributed by atoms with Gasteiger partial charge in [0, 0.05) is 12.0 Å². The zero-order chi connectivity index (χ0) is 29.7. The Hall–Kier alpha value is -4.63. The number of sulfonamides is 1. The smallest absolute Gasteiger partial charge is 0.349 e. The van der Waals surface area contributed by atoms with E-state index in [4.69, 9.17) is 9.72 Å². The first-order chi connectivity index (χ1) is 20.2. The molecule has 1 heterocycles. The van der Waals surface area contributed by atoms with Gasteiger partial charge in [0.25, 0.3) is 10.0 Å². The van der Waals surface area contributed by atoms with Gasteiger partial charge in [0.1, 0.15) is 11.6 Å². The van der Waals surface area contributed by atoms with Crippen LogP contribution < -0.4 is 9.57 Å². The van der Waals surface area contributed by atoms with Gasteiger partial charge in [-0.25, -0.2) is 19.3 Å². The fourth-order valence-corrected chi connectivity index (χ4v) is 5.77. The van der Waals surface area contributed by atoms with Crippen LogP contribution in [0, 0.1) is 6.92 Å². The Morgan fingerprint density at radius 1 is 0.952 bits per heavy atom. The predicted molar refractivity (Wildman–Crippen MR) is 163 cm³/mol. The molecule has 8 nitrogen and oxygen atoms in total. The summed E-state index contributed by atoms with van der Waals surface area (Å²) < 4.78 is 34.0. The van der Waals surface area contributed by atoms with Crippen LogP contribution in [0.5, 0.6) is 5.75 Å². The normalized spacial score (nSPS) is 12.2. The number of carboxylic acid groups (broad SMARTS) is 1. The van der Waals surface area contributed by atoms with E-state index in [1.807, 2.05) is 43.3 Å². The summed E-state index contributed by atoms with van der Waals surface area (Å²) in [5, 5.41) is 9.67. The molecule has 0 radical (unpaired) electrons. The van der Waals surface area contributed by atoms with Crippen molar-refractivity contribution in [3.05, 3.63) is 125 Å². The topological polar surface area (TPSA) is 111 Å². The number of carboxylic acids is 1. The van der Waals surface area contributed by atoms with Crippen molar-refractivity contribution in [2.75, 3.05) is 4.83 Å². The third-order valence-corrected chi connectivity index (χ3v) is 8.31. The van der Waals surface area contributed by atoms with Gasteiger partial charge in [0.15, 0.2) is 0 Å². The Balaban J connectivity index is 1.39. The van der Waals surface area contributed by atoms with E-state index >= 15 is 0 Å². The molecule has 1 aromatic heterocycles. The number of aliphatic carboxylic acids is 1. The van der Waals surface area contributed by atoms with Crippen LogP contribution in [-0.4, -0.2) is 29.2 Å².